The number of aromatic nitrogens is 1. The van der Waals surface area contributed by atoms with E-state index in [0.717, 1.165) is 28.0 Å². The molecule has 0 aliphatic rings. The summed E-state index contributed by atoms with van der Waals surface area (Å²) in [5.41, 5.74) is -2.50. The lowest BCUT2D eigenvalue weighted by Gasteiger charge is -2.29. The van der Waals surface area contributed by atoms with Gasteiger partial charge in [-0.3, -0.25) is 0 Å². The predicted molar refractivity (Wildman–Crippen MR) is 142 cm³/mol. The zero-order chi connectivity index (χ0) is 27.0. The molecule has 0 radical (unpaired) electrons. The van der Waals surface area contributed by atoms with E-state index in [9.17, 15) is 26.3 Å². The molecule has 0 atom stereocenters. The van der Waals surface area contributed by atoms with Crippen LogP contribution in [0.1, 0.15) is 16.8 Å². The number of hydrogen-bond acceptors (Lipinski definition) is 1. The summed E-state index contributed by atoms with van der Waals surface area (Å²) in [6.45, 7) is -2.74. The molecule has 0 unspecified atom stereocenters. The Labute approximate surface area is 215 Å². The number of alkyl halides is 6. The summed E-state index contributed by atoms with van der Waals surface area (Å²) in [7, 11) is 0. The van der Waals surface area contributed by atoms with Crippen LogP contribution in [0.4, 0.5) is 26.3 Å². The minimum Gasteiger partial charge on any atom is -0.243 e. The van der Waals surface area contributed by atoms with E-state index in [0.29, 0.717) is 6.07 Å². The van der Waals surface area contributed by atoms with Crippen LogP contribution in [0.25, 0.3) is 10.9 Å². The first-order chi connectivity index (χ1) is 18.1. The third kappa shape index (κ3) is 4.86. The number of halogens is 6. The fourth-order valence-electron chi connectivity index (χ4n) is 4.55. The topological polar surface area (TPSA) is 12.9 Å². The fourth-order valence-corrected chi connectivity index (χ4v) is 8.45. The minimum atomic E-state index is -4.85. The zero-order valence-corrected chi connectivity index (χ0v) is 20.6. The molecule has 1 aromatic heterocycles. The van der Waals surface area contributed by atoms with E-state index >= 15 is 0 Å². The maximum Gasteiger partial charge on any atom is 0.433 e. The highest BCUT2D eigenvalue weighted by atomic mass is 31.2. The van der Waals surface area contributed by atoms with Gasteiger partial charge in [-0.1, -0.05) is 97.1 Å². The third-order valence-electron chi connectivity index (χ3n) is 6.28. The van der Waals surface area contributed by atoms with Crippen molar-refractivity contribution in [3.63, 3.8) is 0 Å². The Bertz CT molecular complexity index is 1520. The van der Waals surface area contributed by atoms with Crippen LogP contribution in [-0.4, -0.2) is 10.8 Å². The molecule has 0 amide bonds. The van der Waals surface area contributed by atoms with Crippen molar-refractivity contribution in [1.82, 2.24) is 4.98 Å². The summed E-state index contributed by atoms with van der Waals surface area (Å²) in [4.78, 5) is 3.60. The van der Waals surface area contributed by atoms with Crippen molar-refractivity contribution in [3.05, 3.63) is 132 Å². The molecular weight excluding hydrogens is 519 g/mol. The third-order valence-corrected chi connectivity index (χ3v) is 10.3. The lowest BCUT2D eigenvalue weighted by Crippen LogP contribution is -2.27. The van der Waals surface area contributed by atoms with Crippen molar-refractivity contribution in [3.8, 4) is 0 Å². The minimum absolute atomic E-state index is 0.168. The fraction of sp³-hybridized carbons (Fsp3) is 0.0667. The van der Waals surface area contributed by atoms with Gasteiger partial charge in [-0.15, -0.1) is 0 Å². The van der Waals surface area contributed by atoms with Crippen LogP contribution in [0.15, 0.2) is 115 Å². The summed E-state index contributed by atoms with van der Waals surface area (Å²) in [6, 6.07) is 32.0. The number of hydrogen-bond donors (Lipinski definition) is 0. The summed E-state index contributed by atoms with van der Waals surface area (Å²) in [5.74, 6) is 1.81. The van der Waals surface area contributed by atoms with Gasteiger partial charge >= 0.3 is 12.4 Å². The largest absolute Gasteiger partial charge is 0.433 e. The lowest BCUT2D eigenvalue weighted by atomic mass is 10.1. The number of rotatable bonds is 4. The van der Waals surface area contributed by atoms with Crippen LogP contribution < -0.4 is 15.9 Å². The molecule has 0 aliphatic carbocycles. The first-order valence-electron chi connectivity index (χ1n) is 11.6. The second-order valence-corrected chi connectivity index (χ2v) is 11.9. The Morgan fingerprint density at radius 2 is 1.03 bits per heavy atom. The van der Waals surface area contributed by atoms with Crippen LogP contribution in [0.2, 0.25) is 0 Å². The van der Waals surface area contributed by atoms with Crippen molar-refractivity contribution < 1.29 is 26.3 Å². The summed E-state index contributed by atoms with van der Waals surface area (Å²) < 4.78 is 82.1. The second-order valence-electron chi connectivity index (χ2n) is 8.68. The highest BCUT2D eigenvalue weighted by Crippen LogP contribution is 2.45. The number of pyridine rings is 1. The van der Waals surface area contributed by atoms with E-state index in [1.807, 2.05) is 91.0 Å². The van der Waals surface area contributed by atoms with Gasteiger partial charge in [0, 0.05) is 5.39 Å². The molecule has 0 bridgehead atoms. The Hall–Kier alpha value is -3.83. The zero-order valence-electron chi connectivity index (χ0n) is 19.7. The van der Waals surface area contributed by atoms with E-state index in [-0.39, 0.29) is 16.5 Å². The second kappa shape index (κ2) is 9.80. The van der Waals surface area contributed by atoms with Gasteiger partial charge in [0.1, 0.15) is 5.69 Å². The molecule has 38 heavy (non-hydrogen) atoms. The molecule has 8 heteroatoms. The molecule has 5 rings (SSSR count). The van der Waals surface area contributed by atoms with E-state index in [2.05, 4.69) is 4.98 Å². The average Bonchev–Trinajstić information content (AvgIpc) is 2.91. The van der Waals surface area contributed by atoms with Gasteiger partial charge < -0.3 is 0 Å². The quantitative estimate of drug-likeness (QED) is 0.171. The smallest absolute Gasteiger partial charge is 0.243 e. The first kappa shape index (κ1) is 25.8. The molecule has 0 saturated carbocycles. The number of nitrogens with zero attached hydrogens (tertiary/aromatic N) is 1. The van der Waals surface area contributed by atoms with Crippen LogP contribution >= 0.6 is 6.89 Å². The standard InChI is InChI=1S/C30H20F6NP/c31-29(32,33)22-16-17-26-21(18-28(30(34,35)36)37-27(26)19-22)20-38(23-10-4-1-5-11-23,24-12-6-2-7-13-24)25-14-8-3-9-15-25/h1-20H. The van der Waals surface area contributed by atoms with Crippen molar-refractivity contribution in [2.24, 2.45) is 0 Å². The molecule has 0 saturated heterocycles. The van der Waals surface area contributed by atoms with E-state index in [1.165, 1.54) is 6.07 Å². The molecular formula is C30H20F6NP. The molecule has 0 aliphatic heterocycles. The van der Waals surface area contributed by atoms with Gasteiger partial charge in [0.25, 0.3) is 0 Å². The molecule has 0 fully saturated rings. The molecule has 192 valence electrons. The average molecular weight is 539 g/mol. The molecule has 5 aromatic rings. The van der Waals surface area contributed by atoms with Crippen LogP contribution in [0.5, 0.6) is 0 Å². The Morgan fingerprint density at radius 3 is 1.45 bits per heavy atom. The number of fused-ring (bicyclic) bond motifs is 1. The van der Waals surface area contributed by atoms with Gasteiger partial charge in [0.2, 0.25) is 0 Å². The van der Waals surface area contributed by atoms with E-state index in [4.69, 9.17) is 0 Å². The van der Waals surface area contributed by atoms with Gasteiger partial charge in [-0.05, 0) is 52.4 Å². The summed E-state index contributed by atoms with van der Waals surface area (Å²) in [5, 5.41) is 2.88. The van der Waals surface area contributed by atoms with Gasteiger partial charge in [0.15, 0.2) is 0 Å². The SMILES string of the molecule is FC(F)(F)c1ccc2c(C=P(c3ccccc3)(c3ccccc3)c3ccccc3)cc(C(F)(F)F)nc2c1. The Morgan fingerprint density at radius 1 is 0.553 bits per heavy atom. The van der Waals surface area contributed by atoms with Crippen LogP contribution in [-0.2, 0) is 12.4 Å². The normalized spacial score (nSPS) is 12.5. The van der Waals surface area contributed by atoms with Crippen molar-refractivity contribution in [1.29, 1.82) is 0 Å². The maximum atomic E-state index is 13.9. The highest BCUT2D eigenvalue weighted by Gasteiger charge is 2.35. The molecule has 0 N–H and O–H groups in total. The molecule has 1 heterocycles. The van der Waals surface area contributed by atoms with Crippen molar-refractivity contribution >= 4 is 39.5 Å². The molecule has 4 aromatic carbocycles. The number of benzene rings is 4. The highest BCUT2D eigenvalue weighted by molar-refractivity contribution is 7.94. The molecule has 1 nitrogen and oxygen atoms in total. The lowest BCUT2D eigenvalue weighted by molar-refractivity contribution is -0.141. The monoisotopic (exact) mass is 539 g/mol. The van der Waals surface area contributed by atoms with Gasteiger partial charge in [-0.25, -0.2) is 4.98 Å². The predicted octanol–water partition coefficient (Wildman–Crippen LogP) is 7.42. The van der Waals surface area contributed by atoms with Crippen LogP contribution in [0.3, 0.4) is 0 Å². The van der Waals surface area contributed by atoms with E-state index in [1.54, 1.807) is 5.80 Å². The Kier molecular flexibility index (Phi) is 6.66. The Balaban J connectivity index is 1.96. The van der Waals surface area contributed by atoms with Gasteiger partial charge in [-0.2, -0.15) is 26.3 Å². The van der Waals surface area contributed by atoms with Crippen molar-refractivity contribution in [2.75, 3.05) is 0 Å². The van der Waals surface area contributed by atoms with Crippen molar-refractivity contribution in [2.45, 2.75) is 12.4 Å². The maximum absolute atomic E-state index is 13.9. The first-order valence-corrected chi connectivity index (χ1v) is 13.5. The summed E-state index contributed by atoms with van der Waals surface area (Å²) >= 11 is 0. The summed E-state index contributed by atoms with van der Waals surface area (Å²) in [6.07, 6.45) is -9.57. The van der Waals surface area contributed by atoms with Gasteiger partial charge in [0.05, 0.1) is 11.1 Å². The van der Waals surface area contributed by atoms with E-state index < -0.39 is 30.5 Å². The van der Waals surface area contributed by atoms with Crippen LogP contribution in [0, 0.1) is 0 Å². The molecule has 0 spiro atoms.